The van der Waals surface area contributed by atoms with E-state index < -0.39 is 41.5 Å². The number of halogens is 3. The lowest BCUT2D eigenvalue weighted by Gasteiger charge is -2.11. The predicted molar refractivity (Wildman–Crippen MR) is 109 cm³/mol. The van der Waals surface area contributed by atoms with Crippen LogP contribution in [0.2, 0.25) is 0 Å². The van der Waals surface area contributed by atoms with E-state index in [0.29, 0.717) is 23.1 Å². The molecule has 1 aromatic heterocycles. The highest BCUT2D eigenvalue weighted by Crippen LogP contribution is 2.23. The number of benzene rings is 2. The molecule has 0 saturated carbocycles. The number of nitrogens with one attached hydrogen (secondary N) is 2. The molecule has 9 heteroatoms. The number of ether oxygens (including phenoxy) is 1. The summed E-state index contributed by atoms with van der Waals surface area (Å²) in [6.07, 6.45) is 0. The summed E-state index contributed by atoms with van der Waals surface area (Å²) in [5.41, 5.74) is 2.14. The average molecular weight is 431 g/mol. The summed E-state index contributed by atoms with van der Waals surface area (Å²) in [6.45, 7) is 3.12. The van der Waals surface area contributed by atoms with Gasteiger partial charge in [0, 0.05) is 17.1 Å². The minimum atomic E-state index is -1.69. The third kappa shape index (κ3) is 4.55. The standard InChI is InChI=1S/C22H20F3N3O3/c1-12-10-16(13(2)28(12)14-4-6-15(31-3)7-5-14)22(30)26-11-19(29)27-18-9-8-17(23)20(24)21(18)25/h4-10H,11H2,1-3H3,(H,26,30)(H,27,29). The molecule has 0 atom stereocenters. The number of hydrogen-bond donors (Lipinski definition) is 2. The summed E-state index contributed by atoms with van der Waals surface area (Å²) in [5.74, 6) is -5.16. The summed E-state index contributed by atoms with van der Waals surface area (Å²) in [4.78, 5) is 24.6. The molecule has 2 N–H and O–H groups in total. The highest BCUT2D eigenvalue weighted by atomic mass is 19.2. The second kappa shape index (κ2) is 8.95. The average Bonchev–Trinajstić information content (AvgIpc) is 3.06. The molecule has 2 amide bonds. The lowest BCUT2D eigenvalue weighted by molar-refractivity contribution is -0.115. The lowest BCUT2D eigenvalue weighted by Crippen LogP contribution is -2.33. The van der Waals surface area contributed by atoms with Crippen molar-refractivity contribution in [1.29, 1.82) is 0 Å². The van der Waals surface area contributed by atoms with Gasteiger partial charge >= 0.3 is 0 Å². The monoisotopic (exact) mass is 431 g/mol. The molecule has 0 saturated heterocycles. The van der Waals surface area contributed by atoms with Crippen LogP contribution in [0.5, 0.6) is 5.75 Å². The molecule has 2 aromatic carbocycles. The molecule has 0 aliphatic rings. The number of anilines is 1. The number of rotatable bonds is 6. The van der Waals surface area contributed by atoms with Gasteiger partial charge in [0.2, 0.25) is 5.91 Å². The molecule has 31 heavy (non-hydrogen) atoms. The Bertz CT molecular complexity index is 1140. The van der Waals surface area contributed by atoms with Gasteiger partial charge in [-0.25, -0.2) is 13.2 Å². The Labute approximate surface area is 176 Å². The third-order valence-corrected chi connectivity index (χ3v) is 4.73. The number of methoxy groups -OCH3 is 1. The summed E-state index contributed by atoms with van der Waals surface area (Å²) < 4.78 is 46.9. The highest BCUT2D eigenvalue weighted by Gasteiger charge is 2.19. The van der Waals surface area contributed by atoms with Crippen molar-refractivity contribution in [3.63, 3.8) is 0 Å². The molecular formula is C22H20F3N3O3. The van der Waals surface area contributed by atoms with Gasteiger partial charge in [0.15, 0.2) is 17.5 Å². The molecule has 3 aromatic rings. The SMILES string of the molecule is COc1ccc(-n2c(C)cc(C(=O)NCC(=O)Nc3ccc(F)c(F)c3F)c2C)cc1. The van der Waals surface area contributed by atoms with Crippen LogP contribution in [-0.4, -0.2) is 30.0 Å². The Balaban J connectivity index is 1.69. The minimum Gasteiger partial charge on any atom is -0.497 e. The van der Waals surface area contributed by atoms with Gasteiger partial charge in [-0.05, 0) is 56.3 Å². The molecule has 0 bridgehead atoms. The molecule has 6 nitrogen and oxygen atoms in total. The van der Waals surface area contributed by atoms with Crippen molar-refractivity contribution < 1.29 is 27.5 Å². The maximum absolute atomic E-state index is 13.7. The zero-order valence-corrected chi connectivity index (χ0v) is 17.1. The number of carbonyl (C=O) groups excluding carboxylic acids is 2. The number of carbonyl (C=O) groups is 2. The van der Waals surface area contributed by atoms with E-state index in [2.05, 4.69) is 10.6 Å². The van der Waals surface area contributed by atoms with E-state index in [1.165, 1.54) is 0 Å². The van der Waals surface area contributed by atoms with Crippen LogP contribution in [0.3, 0.4) is 0 Å². The topological polar surface area (TPSA) is 72.4 Å². The zero-order valence-electron chi connectivity index (χ0n) is 17.1. The molecule has 162 valence electrons. The van der Waals surface area contributed by atoms with Gasteiger partial charge in [-0.1, -0.05) is 0 Å². The number of aryl methyl sites for hydroxylation is 1. The first-order chi connectivity index (χ1) is 14.7. The van der Waals surface area contributed by atoms with Crippen LogP contribution in [0.1, 0.15) is 21.7 Å². The molecular weight excluding hydrogens is 411 g/mol. The number of nitrogens with zero attached hydrogens (tertiary/aromatic N) is 1. The Morgan fingerprint density at radius 1 is 1.00 bits per heavy atom. The van der Waals surface area contributed by atoms with E-state index in [1.807, 2.05) is 23.6 Å². The Hall–Kier alpha value is -3.75. The van der Waals surface area contributed by atoms with Crippen molar-refractivity contribution in [2.45, 2.75) is 13.8 Å². The van der Waals surface area contributed by atoms with Crippen molar-refractivity contribution in [2.24, 2.45) is 0 Å². The van der Waals surface area contributed by atoms with Crippen LogP contribution < -0.4 is 15.4 Å². The predicted octanol–water partition coefficient (Wildman–Crippen LogP) is 3.89. The molecule has 0 aliphatic carbocycles. The largest absolute Gasteiger partial charge is 0.497 e. The summed E-state index contributed by atoms with van der Waals surface area (Å²) in [5, 5.41) is 4.54. The maximum Gasteiger partial charge on any atom is 0.253 e. The minimum absolute atomic E-state index is 0.361. The molecule has 0 spiro atoms. The second-order valence-corrected chi connectivity index (χ2v) is 6.77. The molecule has 0 fully saturated rings. The fraction of sp³-hybridized carbons (Fsp3) is 0.182. The zero-order chi connectivity index (χ0) is 22.7. The summed E-state index contributed by atoms with van der Waals surface area (Å²) in [7, 11) is 1.57. The van der Waals surface area contributed by atoms with Gasteiger partial charge in [-0.15, -0.1) is 0 Å². The van der Waals surface area contributed by atoms with Gasteiger partial charge in [0.05, 0.1) is 24.9 Å². The first-order valence-electron chi connectivity index (χ1n) is 9.27. The smallest absolute Gasteiger partial charge is 0.253 e. The summed E-state index contributed by atoms with van der Waals surface area (Å²) >= 11 is 0. The van der Waals surface area contributed by atoms with E-state index in [9.17, 15) is 22.8 Å². The third-order valence-electron chi connectivity index (χ3n) is 4.73. The van der Waals surface area contributed by atoms with E-state index in [4.69, 9.17) is 4.74 Å². The van der Waals surface area contributed by atoms with Crippen LogP contribution in [-0.2, 0) is 4.79 Å². The van der Waals surface area contributed by atoms with Crippen molar-refractivity contribution in [3.8, 4) is 11.4 Å². The Kier molecular flexibility index (Phi) is 6.33. The Morgan fingerprint density at radius 2 is 1.68 bits per heavy atom. The molecule has 0 unspecified atom stereocenters. The van der Waals surface area contributed by atoms with E-state index in [1.54, 1.807) is 32.2 Å². The molecule has 3 rings (SSSR count). The Morgan fingerprint density at radius 3 is 2.32 bits per heavy atom. The van der Waals surface area contributed by atoms with Crippen LogP contribution in [0.4, 0.5) is 18.9 Å². The first kappa shape index (κ1) is 21.9. The molecule has 1 heterocycles. The van der Waals surface area contributed by atoms with Gasteiger partial charge in [0.1, 0.15) is 5.75 Å². The second-order valence-electron chi connectivity index (χ2n) is 6.77. The van der Waals surface area contributed by atoms with Crippen molar-refractivity contribution in [1.82, 2.24) is 9.88 Å². The van der Waals surface area contributed by atoms with E-state index in [0.717, 1.165) is 17.4 Å². The van der Waals surface area contributed by atoms with E-state index in [-0.39, 0.29) is 0 Å². The van der Waals surface area contributed by atoms with Crippen LogP contribution in [0.15, 0.2) is 42.5 Å². The fourth-order valence-electron chi connectivity index (χ4n) is 3.19. The van der Waals surface area contributed by atoms with Crippen LogP contribution >= 0.6 is 0 Å². The number of aromatic nitrogens is 1. The van der Waals surface area contributed by atoms with E-state index >= 15 is 0 Å². The van der Waals surface area contributed by atoms with Crippen LogP contribution in [0.25, 0.3) is 5.69 Å². The van der Waals surface area contributed by atoms with Gasteiger partial charge < -0.3 is 19.9 Å². The first-order valence-corrected chi connectivity index (χ1v) is 9.27. The van der Waals surface area contributed by atoms with Gasteiger partial charge in [-0.3, -0.25) is 9.59 Å². The lowest BCUT2D eigenvalue weighted by atomic mass is 10.2. The maximum atomic E-state index is 13.7. The molecule has 0 radical (unpaired) electrons. The highest BCUT2D eigenvalue weighted by molar-refractivity contribution is 6.00. The van der Waals surface area contributed by atoms with Crippen molar-refractivity contribution in [2.75, 3.05) is 19.0 Å². The number of hydrogen-bond acceptors (Lipinski definition) is 3. The normalized spacial score (nSPS) is 10.6. The molecule has 0 aliphatic heterocycles. The van der Waals surface area contributed by atoms with Crippen molar-refractivity contribution in [3.05, 3.63) is 76.9 Å². The van der Waals surface area contributed by atoms with Gasteiger partial charge in [0.25, 0.3) is 5.91 Å². The number of amides is 2. The quantitative estimate of drug-likeness (QED) is 0.582. The van der Waals surface area contributed by atoms with Gasteiger partial charge in [-0.2, -0.15) is 0 Å². The fourth-order valence-corrected chi connectivity index (χ4v) is 3.19. The van der Waals surface area contributed by atoms with Crippen LogP contribution in [0, 0.1) is 31.3 Å². The summed E-state index contributed by atoms with van der Waals surface area (Å²) in [6, 6.07) is 10.6. The van der Waals surface area contributed by atoms with Crippen molar-refractivity contribution >= 4 is 17.5 Å².